The number of rotatable bonds is 1. The van der Waals surface area contributed by atoms with E-state index in [0.29, 0.717) is 0 Å². The molecule has 1 heterocycles. The van der Waals surface area contributed by atoms with Crippen LogP contribution < -0.4 is 0 Å². The van der Waals surface area contributed by atoms with E-state index in [1.807, 2.05) is 32.9 Å². The number of carbonyl (C=O) groups excluding carboxylic acids is 1. The summed E-state index contributed by atoms with van der Waals surface area (Å²) in [5.74, 6) is -0.520. The summed E-state index contributed by atoms with van der Waals surface area (Å²) in [6, 6.07) is 0. The van der Waals surface area contributed by atoms with Gasteiger partial charge in [0.1, 0.15) is 11.9 Å². The number of aliphatic hydroxyl groups is 1. The number of hydrogen-bond donors (Lipinski definition) is 1. The number of allylic oxidation sites excluding steroid dienone is 2. The van der Waals surface area contributed by atoms with E-state index < -0.39 is 5.97 Å². The molecule has 0 aromatic heterocycles. The van der Waals surface area contributed by atoms with E-state index >= 15 is 0 Å². The smallest absolute Gasteiger partial charge is 0.334 e. The molecule has 124 valence electrons. The predicted molar refractivity (Wildman–Crippen MR) is 87.5 cm³/mol. The lowest BCUT2D eigenvalue weighted by Crippen LogP contribution is -2.21. The second kappa shape index (κ2) is 8.79. The fourth-order valence-electron chi connectivity index (χ4n) is 2.29. The lowest BCUT2D eigenvalue weighted by atomic mass is 9.98. The van der Waals surface area contributed by atoms with Crippen molar-refractivity contribution in [3.8, 4) is 0 Å². The van der Waals surface area contributed by atoms with Gasteiger partial charge in [0.2, 0.25) is 0 Å². The Labute approximate surface area is 133 Å². The van der Waals surface area contributed by atoms with Crippen LogP contribution in [0.4, 0.5) is 0 Å². The van der Waals surface area contributed by atoms with Crippen molar-refractivity contribution in [3.05, 3.63) is 35.6 Å². The molecule has 0 aliphatic carbocycles. The van der Waals surface area contributed by atoms with Gasteiger partial charge in [-0.25, -0.2) is 4.79 Å². The minimum absolute atomic E-state index is 0.00496. The first-order chi connectivity index (χ1) is 10.3. The Balaban J connectivity index is 3.03. The Bertz CT molecular complexity index is 462. The van der Waals surface area contributed by atoms with Gasteiger partial charge < -0.3 is 14.6 Å². The summed E-state index contributed by atoms with van der Waals surface area (Å²) >= 11 is 0. The monoisotopic (exact) mass is 308 g/mol. The fourth-order valence-corrected chi connectivity index (χ4v) is 2.29. The highest BCUT2D eigenvalue weighted by molar-refractivity contribution is 5.82. The molecule has 1 rings (SSSR count). The van der Waals surface area contributed by atoms with Crippen molar-refractivity contribution in [1.29, 1.82) is 0 Å². The molecule has 22 heavy (non-hydrogen) atoms. The number of esters is 1. The lowest BCUT2D eigenvalue weighted by Gasteiger charge is -2.20. The van der Waals surface area contributed by atoms with Gasteiger partial charge in [-0.15, -0.1) is 0 Å². The van der Waals surface area contributed by atoms with E-state index in [1.165, 1.54) is 0 Å². The molecule has 1 aliphatic rings. The maximum Gasteiger partial charge on any atom is 0.334 e. The maximum atomic E-state index is 11.8. The van der Waals surface area contributed by atoms with E-state index in [2.05, 4.69) is 13.0 Å². The van der Waals surface area contributed by atoms with Crippen molar-refractivity contribution in [1.82, 2.24) is 0 Å². The molecule has 0 aromatic carbocycles. The van der Waals surface area contributed by atoms with Crippen molar-refractivity contribution in [2.75, 3.05) is 7.11 Å². The van der Waals surface area contributed by atoms with Gasteiger partial charge in [-0.3, -0.25) is 0 Å². The van der Waals surface area contributed by atoms with E-state index in [4.69, 9.17) is 9.47 Å². The molecule has 0 bridgehead atoms. The van der Waals surface area contributed by atoms with E-state index in [1.54, 1.807) is 7.11 Å². The number of hydrogen-bond acceptors (Lipinski definition) is 4. The Morgan fingerprint density at radius 2 is 1.95 bits per heavy atom. The van der Waals surface area contributed by atoms with Crippen LogP contribution in [-0.4, -0.2) is 30.4 Å². The molecule has 1 aliphatic heterocycles. The first-order valence-corrected chi connectivity index (χ1v) is 7.84. The standard InChI is InChI=1S/C18H28O4/c1-12-7-6-8-14(3)17(21-5)10-9-13(2)16(19)11-18(20)22-15(12)4/h8-13,15,17,19H,6-7H2,1-5H3. The van der Waals surface area contributed by atoms with Crippen molar-refractivity contribution >= 4 is 5.97 Å². The van der Waals surface area contributed by atoms with Gasteiger partial charge in [0.15, 0.2) is 0 Å². The number of carbonyl (C=O) groups is 1. The van der Waals surface area contributed by atoms with Crippen LogP contribution in [0.3, 0.4) is 0 Å². The predicted octanol–water partition coefficient (Wildman–Crippen LogP) is 3.94. The van der Waals surface area contributed by atoms with Gasteiger partial charge >= 0.3 is 5.97 Å². The van der Waals surface area contributed by atoms with Gasteiger partial charge in [-0.05, 0) is 38.2 Å². The highest BCUT2D eigenvalue weighted by atomic mass is 16.5. The topological polar surface area (TPSA) is 55.8 Å². The molecule has 4 nitrogen and oxygen atoms in total. The molecule has 4 heteroatoms. The summed E-state index contributed by atoms with van der Waals surface area (Å²) in [5, 5.41) is 9.99. The molecule has 4 unspecified atom stereocenters. The van der Waals surface area contributed by atoms with Crippen molar-refractivity contribution in [2.24, 2.45) is 11.8 Å². The summed E-state index contributed by atoms with van der Waals surface area (Å²) in [6.45, 7) is 7.81. The second-order valence-electron chi connectivity index (χ2n) is 6.04. The summed E-state index contributed by atoms with van der Waals surface area (Å²) in [4.78, 5) is 11.8. The molecule has 0 radical (unpaired) electrons. The summed E-state index contributed by atoms with van der Waals surface area (Å²) in [5.41, 5.74) is 1.14. The fraction of sp³-hybridized carbons (Fsp3) is 0.611. The van der Waals surface area contributed by atoms with Crippen molar-refractivity contribution < 1.29 is 19.4 Å². The first kappa shape index (κ1) is 18.5. The van der Waals surface area contributed by atoms with Crippen LogP contribution in [-0.2, 0) is 14.3 Å². The van der Waals surface area contributed by atoms with Gasteiger partial charge in [0.25, 0.3) is 0 Å². The summed E-state index contributed by atoms with van der Waals surface area (Å²) in [6.07, 6.45) is 8.61. The summed E-state index contributed by atoms with van der Waals surface area (Å²) < 4.78 is 10.8. The van der Waals surface area contributed by atoms with Crippen LogP contribution in [0.1, 0.15) is 40.5 Å². The molecular formula is C18H28O4. The molecule has 4 atom stereocenters. The SMILES string of the molecule is COC1C=CC(C)C(O)=CC(=O)OC(C)C(C)CCC=C1C. The molecule has 0 spiro atoms. The number of aliphatic hydroxyl groups excluding tert-OH is 1. The van der Waals surface area contributed by atoms with Crippen LogP contribution in [0.5, 0.6) is 0 Å². The Morgan fingerprint density at radius 1 is 1.27 bits per heavy atom. The highest BCUT2D eigenvalue weighted by Crippen LogP contribution is 2.19. The average molecular weight is 308 g/mol. The van der Waals surface area contributed by atoms with E-state index in [9.17, 15) is 9.90 Å². The Hall–Kier alpha value is -1.55. The highest BCUT2D eigenvalue weighted by Gasteiger charge is 2.17. The molecule has 0 aromatic rings. The number of cyclic esters (lactones) is 1. The second-order valence-corrected chi connectivity index (χ2v) is 6.04. The van der Waals surface area contributed by atoms with Crippen LogP contribution in [0.15, 0.2) is 35.6 Å². The van der Waals surface area contributed by atoms with Gasteiger partial charge in [0, 0.05) is 13.0 Å². The minimum Gasteiger partial charge on any atom is -0.511 e. The molecule has 0 amide bonds. The Morgan fingerprint density at radius 3 is 2.59 bits per heavy atom. The third-order valence-electron chi connectivity index (χ3n) is 4.20. The number of methoxy groups -OCH3 is 1. The first-order valence-electron chi connectivity index (χ1n) is 7.84. The van der Waals surface area contributed by atoms with Crippen LogP contribution >= 0.6 is 0 Å². The third-order valence-corrected chi connectivity index (χ3v) is 4.20. The summed E-state index contributed by atoms with van der Waals surface area (Å²) in [7, 11) is 1.66. The zero-order chi connectivity index (χ0) is 16.7. The molecule has 0 saturated carbocycles. The molecule has 0 fully saturated rings. The average Bonchev–Trinajstić information content (AvgIpc) is 2.46. The minimum atomic E-state index is -0.496. The van der Waals surface area contributed by atoms with Gasteiger partial charge in [-0.1, -0.05) is 32.1 Å². The van der Waals surface area contributed by atoms with Crippen LogP contribution in [0, 0.1) is 11.8 Å². The normalized spacial score (nSPS) is 31.8. The quantitative estimate of drug-likeness (QED) is 0.589. The van der Waals surface area contributed by atoms with Gasteiger partial charge in [0.05, 0.1) is 12.2 Å². The third kappa shape index (κ3) is 5.68. The zero-order valence-electron chi connectivity index (χ0n) is 14.2. The van der Waals surface area contributed by atoms with E-state index in [-0.39, 0.29) is 29.8 Å². The zero-order valence-corrected chi connectivity index (χ0v) is 14.2. The van der Waals surface area contributed by atoms with Crippen molar-refractivity contribution in [3.63, 3.8) is 0 Å². The molecule has 1 N–H and O–H groups in total. The lowest BCUT2D eigenvalue weighted by molar-refractivity contribution is -0.144. The van der Waals surface area contributed by atoms with Crippen LogP contribution in [0.25, 0.3) is 0 Å². The van der Waals surface area contributed by atoms with Crippen molar-refractivity contribution in [2.45, 2.75) is 52.7 Å². The largest absolute Gasteiger partial charge is 0.511 e. The Kier molecular flexibility index (Phi) is 7.39. The number of ether oxygens (including phenoxy) is 2. The van der Waals surface area contributed by atoms with Crippen LogP contribution in [0.2, 0.25) is 0 Å². The molecular weight excluding hydrogens is 280 g/mol. The van der Waals surface area contributed by atoms with E-state index in [0.717, 1.165) is 24.5 Å². The van der Waals surface area contributed by atoms with Gasteiger partial charge in [-0.2, -0.15) is 0 Å². The molecule has 0 saturated heterocycles. The maximum absolute atomic E-state index is 11.8.